The van der Waals surface area contributed by atoms with Gasteiger partial charge in [0.1, 0.15) is 5.41 Å². The van der Waals surface area contributed by atoms with Crippen LogP contribution >= 0.6 is 0 Å². The van der Waals surface area contributed by atoms with Crippen LogP contribution in [0.4, 0.5) is 0 Å². The molecule has 158 valence electrons. The van der Waals surface area contributed by atoms with Gasteiger partial charge >= 0.3 is 0 Å². The van der Waals surface area contributed by atoms with Crippen molar-refractivity contribution in [2.75, 3.05) is 6.54 Å². The average molecular weight is 425 g/mol. The number of imide groups is 1. The minimum absolute atomic E-state index is 0.0353. The van der Waals surface area contributed by atoms with Crippen LogP contribution in [-0.4, -0.2) is 43.9 Å². The average Bonchev–Trinajstić information content (AvgIpc) is 3.43. The van der Waals surface area contributed by atoms with Crippen LogP contribution in [0.2, 0.25) is 0 Å². The first kappa shape index (κ1) is 19.7. The number of rotatable bonds is 3. The van der Waals surface area contributed by atoms with E-state index in [0.29, 0.717) is 17.7 Å². The largest absolute Gasteiger partial charge is 0.332 e. The van der Waals surface area contributed by atoms with Gasteiger partial charge in [0, 0.05) is 55.4 Å². The Bertz CT molecular complexity index is 1320. The van der Waals surface area contributed by atoms with Crippen molar-refractivity contribution in [3.8, 4) is 23.0 Å². The zero-order valence-electron chi connectivity index (χ0n) is 17.3. The molecule has 2 aliphatic heterocycles. The molecule has 1 aromatic carbocycles. The predicted octanol–water partition coefficient (Wildman–Crippen LogP) is 1.52. The summed E-state index contributed by atoms with van der Waals surface area (Å²) in [7, 11) is 1.84. The molecule has 0 unspecified atom stereocenters. The Morgan fingerprint density at radius 1 is 1.16 bits per heavy atom. The SMILES string of the molecule is Cn1cc(-c2ccc3c(c2)C(=O)N(C[C@@]2(C#Cc4cccnc4)CC(=O)NC2=O)C3)cn1. The first-order valence-electron chi connectivity index (χ1n) is 10.1. The number of aromatic nitrogens is 3. The number of fused-ring (bicyclic) bond motifs is 1. The van der Waals surface area contributed by atoms with Gasteiger partial charge in [-0.1, -0.05) is 24.0 Å². The fourth-order valence-corrected chi connectivity index (χ4v) is 4.11. The molecule has 0 spiro atoms. The molecule has 3 amide bonds. The summed E-state index contributed by atoms with van der Waals surface area (Å²) < 4.78 is 1.71. The molecule has 4 heterocycles. The van der Waals surface area contributed by atoms with E-state index in [2.05, 4.69) is 27.2 Å². The summed E-state index contributed by atoms with van der Waals surface area (Å²) >= 11 is 0. The number of carbonyl (C=O) groups is 3. The highest BCUT2D eigenvalue weighted by atomic mass is 16.2. The van der Waals surface area contributed by atoms with Gasteiger partial charge in [0.05, 0.1) is 12.6 Å². The molecular weight excluding hydrogens is 406 g/mol. The zero-order chi connectivity index (χ0) is 22.3. The van der Waals surface area contributed by atoms with Gasteiger partial charge in [0.2, 0.25) is 11.8 Å². The Balaban J connectivity index is 1.44. The fraction of sp³-hybridized carbons (Fsp3) is 0.208. The number of amides is 3. The number of benzene rings is 1. The minimum atomic E-state index is -1.29. The highest BCUT2D eigenvalue weighted by Crippen LogP contribution is 2.34. The normalized spacial score (nSPS) is 19.5. The number of nitrogens with zero attached hydrogens (tertiary/aromatic N) is 4. The van der Waals surface area contributed by atoms with Crippen LogP contribution in [0.15, 0.2) is 55.1 Å². The molecule has 1 saturated heterocycles. The van der Waals surface area contributed by atoms with E-state index in [0.717, 1.165) is 16.7 Å². The molecule has 0 radical (unpaired) electrons. The van der Waals surface area contributed by atoms with Crippen LogP contribution in [0.25, 0.3) is 11.1 Å². The summed E-state index contributed by atoms with van der Waals surface area (Å²) in [6, 6.07) is 9.25. The summed E-state index contributed by atoms with van der Waals surface area (Å²) in [6.07, 6.45) is 6.77. The first-order chi connectivity index (χ1) is 15.4. The molecule has 1 fully saturated rings. The lowest BCUT2D eigenvalue weighted by Crippen LogP contribution is -2.42. The van der Waals surface area contributed by atoms with Crippen molar-refractivity contribution in [2.45, 2.75) is 13.0 Å². The molecule has 0 saturated carbocycles. The molecule has 8 nitrogen and oxygen atoms in total. The summed E-state index contributed by atoms with van der Waals surface area (Å²) in [5.41, 5.74) is 2.62. The van der Waals surface area contributed by atoms with Crippen LogP contribution in [0.5, 0.6) is 0 Å². The van der Waals surface area contributed by atoms with Crippen molar-refractivity contribution < 1.29 is 14.4 Å². The third kappa shape index (κ3) is 3.44. The van der Waals surface area contributed by atoms with E-state index in [4.69, 9.17) is 0 Å². The highest BCUT2D eigenvalue weighted by molar-refractivity contribution is 6.08. The van der Waals surface area contributed by atoms with E-state index < -0.39 is 17.2 Å². The van der Waals surface area contributed by atoms with Gasteiger partial charge < -0.3 is 4.90 Å². The van der Waals surface area contributed by atoms with Crippen LogP contribution in [0, 0.1) is 17.3 Å². The molecule has 2 aromatic heterocycles. The monoisotopic (exact) mass is 425 g/mol. The Kier molecular flexibility index (Phi) is 4.59. The number of carbonyl (C=O) groups excluding carboxylic acids is 3. The third-order valence-electron chi connectivity index (χ3n) is 5.75. The summed E-state index contributed by atoms with van der Waals surface area (Å²) in [4.78, 5) is 43.6. The third-order valence-corrected chi connectivity index (χ3v) is 5.75. The van der Waals surface area contributed by atoms with E-state index in [-0.39, 0.29) is 18.9 Å². The second kappa shape index (κ2) is 7.46. The number of aryl methyl sites for hydroxylation is 1. The standard InChI is InChI=1S/C24H19N5O3/c1-28-13-19(12-26-28)17-4-5-18-14-29(22(31)20(18)9-17)15-24(10-21(30)27-23(24)32)7-6-16-3-2-8-25-11-16/h2-5,8-9,11-13H,10,14-15H2,1H3,(H,27,30,32)/t24-/m1/s1. The van der Waals surface area contributed by atoms with Gasteiger partial charge in [-0.05, 0) is 29.3 Å². The predicted molar refractivity (Wildman–Crippen MR) is 115 cm³/mol. The molecule has 1 N–H and O–H groups in total. The molecule has 1 atom stereocenters. The minimum Gasteiger partial charge on any atom is -0.332 e. The number of nitrogens with one attached hydrogen (secondary N) is 1. The van der Waals surface area contributed by atoms with Gasteiger partial charge in [-0.15, -0.1) is 0 Å². The summed E-state index contributed by atoms with van der Waals surface area (Å²) in [5.74, 6) is 4.88. The number of pyridine rings is 1. The molecule has 3 aromatic rings. The zero-order valence-corrected chi connectivity index (χ0v) is 17.3. The Morgan fingerprint density at radius 3 is 2.72 bits per heavy atom. The van der Waals surface area contributed by atoms with Crippen LogP contribution in [0.3, 0.4) is 0 Å². The maximum atomic E-state index is 13.2. The van der Waals surface area contributed by atoms with E-state index in [1.165, 1.54) is 0 Å². The number of hydrogen-bond acceptors (Lipinski definition) is 5. The molecule has 8 heteroatoms. The van der Waals surface area contributed by atoms with Gasteiger partial charge in [-0.25, -0.2) is 0 Å². The molecule has 32 heavy (non-hydrogen) atoms. The van der Waals surface area contributed by atoms with Crippen LogP contribution in [0.1, 0.15) is 27.9 Å². The smallest absolute Gasteiger partial charge is 0.254 e. The molecule has 0 aliphatic carbocycles. The van der Waals surface area contributed by atoms with Crippen LogP contribution in [-0.2, 0) is 23.2 Å². The van der Waals surface area contributed by atoms with E-state index in [1.807, 2.05) is 31.4 Å². The lowest BCUT2D eigenvalue weighted by atomic mass is 9.86. The van der Waals surface area contributed by atoms with E-state index in [1.54, 1.807) is 40.3 Å². The second-order valence-electron chi connectivity index (χ2n) is 8.06. The van der Waals surface area contributed by atoms with Crippen molar-refractivity contribution in [1.82, 2.24) is 25.0 Å². The molecular formula is C24H19N5O3. The van der Waals surface area contributed by atoms with Crippen molar-refractivity contribution in [3.05, 3.63) is 71.8 Å². The van der Waals surface area contributed by atoms with Gasteiger partial charge in [0.15, 0.2) is 0 Å². The molecule has 2 aliphatic rings. The lowest BCUT2D eigenvalue weighted by molar-refractivity contribution is -0.127. The summed E-state index contributed by atoms with van der Waals surface area (Å²) in [5, 5.41) is 6.53. The van der Waals surface area contributed by atoms with Gasteiger partial charge in [0.25, 0.3) is 5.91 Å². The van der Waals surface area contributed by atoms with Gasteiger partial charge in [-0.3, -0.25) is 29.4 Å². The highest BCUT2D eigenvalue weighted by Gasteiger charge is 2.48. The first-order valence-corrected chi connectivity index (χ1v) is 10.1. The Hall–Kier alpha value is -4.25. The second-order valence-corrected chi connectivity index (χ2v) is 8.06. The van der Waals surface area contributed by atoms with Crippen molar-refractivity contribution in [1.29, 1.82) is 0 Å². The Morgan fingerprint density at radius 2 is 2.03 bits per heavy atom. The van der Waals surface area contributed by atoms with E-state index in [9.17, 15) is 14.4 Å². The maximum Gasteiger partial charge on any atom is 0.254 e. The maximum absolute atomic E-state index is 13.2. The van der Waals surface area contributed by atoms with E-state index >= 15 is 0 Å². The van der Waals surface area contributed by atoms with Gasteiger partial charge in [-0.2, -0.15) is 5.10 Å². The fourth-order valence-electron chi connectivity index (χ4n) is 4.11. The van der Waals surface area contributed by atoms with Crippen LogP contribution < -0.4 is 5.32 Å². The topological polar surface area (TPSA) is 97.2 Å². The van der Waals surface area contributed by atoms with Crippen molar-refractivity contribution in [2.24, 2.45) is 12.5 Å². The Labute approximate surface area is 184 Å². The summed E-state index contributed by atoms with van der Waals surface area (Å²) in [6.45, 7) is 0.396. The molecule has 5 rings (SSSR count). The number of hydrogen-bond donors (Lipinski definition) is 1. The molecule has 0 bridgehead atoms. The quantitative estimate of drug-likeness (QED) is 0.507. The lowest BCUT2D eigenvalue weighted by Gasteiger charge is -2.25. The van der Waals surface area contributed by atoms with Crippen molar-refractivity contribution >= 4 is 17.7 Å². The van der Waals surface area contributed by atoms with Crippen molar-refractivity contribution in [3.63, 3.8) is 0 Å².